The van der Waals surface area contributed by atoms with E-state index in [1.54, 1.807) is 11.8 Å². The normalized spacial score (nSPS) is 20.6. The molecule has 1 aromatic carbocycles. The molecule has 1 unspecified atom stereocenters. The number of hydrogen-bond acceptors (Lipinski definition) is 3. The maximum atomic E-state index is 12.4. The van der Waals surface area contributed by atoms with Crippen LogP contribution < -0.4 is 4.90 Å². The van der Waals surface area contributed by atoms with Gasteiger partial charge in [-0.1, -0.05) is 45.2 Å². The molecule has 2 aliphatic rings. The van der Waals surface area contributed by atoms with Gasteiger partial charge in [0.05, 0.1) is 11.4 Å². The van der Waals surface area contributed by atoms with E-state index in [9.17, 15) is 4.79 Å². The molecule has 0 bridgehead atoms. The minimum atomic E-state index is 0.258. The van der Waals surface area contributed by atoms with E-state index in [0.717, 1.165) is 24.7 Å². The molecule has 25 heavy (non-hydrogen) atoms. The summed E-state index contributed by atoms with van der Waals surface area (Å²) in [6.45, 7) is 9.00. The molecule has 1 atom stereocenters. The van der Waals surface area contributed by atoms with Crippen LogP contribution in [0.5, 0.6) is 0 Å². The van der Waals surface area contributed by atoms with Gasteiger partial charge in [-0.2, -0.15) is 0 Å². The lowest BCUT2D eigenvalue weighted by atomic mass is 9.91. The Bertz CT molecular complexity index is 569. The zero-order chi connectivity index (χ0) is 17.6. The van der Waals surface area contributed by atoms with Crippen molar-refractivity contribution >= 4 is 23.4 Å². The number of nitrogens with zero attached hydrogens (tertiary/aromatic N) is 2. The van der Waals surface area contributed by atoms with Crippen LogP contribution in [0.15, 0.2) is 29.2 Å². The molecule has 2 aliphatic heterocycles. The van der Waals surface area contributed by atoms with Crippen LogP contribution in [0.4, 0.5) is 5.69 Å². The van der Waals surface area contributed by atoms with E-state index in [0.29, 0.717) is 11.7 Å². The summed E-state index contributed by atoms with van der Waals surface area (Å²) in [5.41, 5.74) is 1.11. The molecule has 0 aromatic heterocycles. The molecule has 3 rings (SSSR count). The molecular formula is C21H32N2OS. The van der Waals surface area contributed by atoms with Gasteiger partial charge in [0.1, 0.15) is 0 Å². The second kappa shape index (κ2) is 9.09. The van der Waals surface area contributed by atoms with Crippen molar-refractivity contribution in [3.05, 3.63) is 24.3 Å². The van der Waals surface area contributed by atoms with Gasteiger partial charge in [0.2, 0.25) is 5.91 Å². The van der Waals surface area contributed by atoms with Crippen LogP contribution in [0.1, 0.15) is 46.0 Å². The molecule has 0 N–H and O–H groups in total. The number of anilines is 1. The number of hydrogen-bond donors (Lipinski definition) is 0. The molecule has 0 saturated carbocycles. The quantitative estimate of drug-likeness (QED) is 0.706. The van der Waals surface area contributed by atoms with Crippen LogP contribution in [-0.4, -0.2) is 42.7 Å². The molecule has 2 heterocycles. The smallest absolute Gasteiger partial charge is 0.237 e. The Morgan fingerprint density at radius 3 is 2.72 bits per heavy atom. The molecule has 1 fully saturated rings. The molecule has 1 saturated heterocycles. The highest BCUT2D eigenvalue weighted by atomic mass is 32.2. The summed E-state index contributed by atoms with van der Waals surface area (Å²) in [6.07, 6.45) is 6.83. The third kappa shape index (κ3) is 5.01. The number of thioether (sulfide) groups is 1. The predicted molar refractivity (Wildman–Crippen MR) is 107 cm³/mol. The van der Waals surface area contributed by atoms with E-state index in [2.05, 4.69) is 36.9 Å². The van der Waals surface area contributed by atoms with E-state index in [4.69, 9.17) is 0 Å². The first-order chi connectivity index (χ1) is 12.2. The largest absolute Gasteiger partial charge is 0.310 e. The second-order valence-corrected chi connectivity index (χ2v) is 8.77. The number of carbonyl (C=O) groups is 1. The van der Waals surface area contributed by atoms with E-state index in [-0.39, 0.29) is 5.91 Å². The van der Waals surface area contributed by atoms with Crippen LogP contribution in [0, 0.1) is 11.8 Å². The van der Waals surface area contributed by atoms with Crippen molar-refractivity contribution in [2.75, 3.05) is 36.8 Å². The molecule has 3 nitrogen and oxygen atoms in total. The van der Waals surface area contributed by atoms with Crippen LogP contribution >= 0.6 is 11.8 Å². The van der Waals surface area contributed by atoms with Crippen molar-refractivity contribution in [2.24, 2.45) is 11.8 Å². The number of rotatable bonds is 7. The lowest BCUT2D eigenvalue weighted by molar-refractivity contribution is -0.116. The molecule has 0 spiro atoms. The number of unbranched alkanes of at least 4 members (excludes halogenated alkanes) is 1. The van der Waals surface area contributed by atoms with Crippen LogP contribution in [-0.2, 0) is 4.79 Å². The van der Waals surface area contributed by atoms with Crippen LogP contribution in [0.2, 0.25) is 0 Å². The zero-order valence-electron chi connectivity index (χ0n) is 15.7. The molecule has 0 aliphatic carbocycles. The highest BCUT2D eigenvalue weighted by molar-refractivity contribution is 8.00. The van der Waals surface area contributed by atoms with Gasteiger partial charge in [-0.25, -0.2) is 0 Å². The minimum absolute atomic E-state index is 0.258. The van der Waals surface area contributed by atoms with E-state index in [1.807, 2.05) is 11.0 Å². The number of para-hydroxylation sites is 1. The third-order valence-corrected chi connectivity index (χ3v) is 6.59. The SMILES string of the molecule is CCCCC1CCN(CC(C)CN2C(=O)CSc3ccccc32)CC1. The summed E-state index contributed by atoms with van der Waals surface area (Å²) in [7, 11) is 0. The van der Waals surface area contributed by atoms with E-state index < -0.39 is 0 Å². The fourth-order valence-corrected chi connectivity index (χ4v) is 5.05. The topological polar surface area (TPSA) is 23.6 Å². The van der Waals surface area contributed by atoms with Crippen LogP contribution in [0.25, 0.3) is 0 Å². The molecule has 4 heteroatoms. The third-order valence-electron chi connectivity index (χ3n) is 5.55. The van der Waals surface area contributed by atoms with Gasteiger partial charge in [0, 0.05) is 18.0 Å². The summed E-state index contributed by atoms with van der Waals surface area (Å²) in [5.74, 6) is 2.28. The van der Waals surface area contributed by atoms with Gasteiger partial charge < -0.3 is 9.80 Å². The van der Waals surface area contributed by atoms with Gasteiger partial charge in [-0.15, -0.1) is 11.8 Å². The number of benzene rings is 1. The van der Waals surface area contributed by atoms with Crippen molar-refractivity contribution in [2.45, 2.75) is 50.8 Å². The maximum Gasteiger partial charge on any atom is 0.237 e. The highest BCUT2D eigenvalue weighted by Gasteiger charge is 2.27. The Hall–Kier alpha value is -1.00. The molecule has 1 aromatic rings. The molecule has 0 radical (unpaired) electrons. The molecular weight excluding hydrogens is 328 g/mol. The minimum Gasteiger partial charge on any atom is -0.310 e. The van der Waals surface area contributed by atoms with Gasteiger partial charge >= 0.3 is 0 Å². The fourth-order valence-electron chi connectivity index (χ4n) is 4.11. The van der Waals surface area contributed by atoms with Crippen LogP contribution in [0.3, 0.4) is 0 Å². The number of fused-ring (bicyclic) bond motifs is 1. The highest BCUT2D eigenvalue weighted by Crippen LogP contribution is 2.35. The number of amides is 1. The summed E-state index contributed by atoms with van der Waals surface area (Å²) < 4.78 is 0. The number of likely N-dealkylation sites (tertiary alicyclic amines) is 1. The van der Waals surface area contributed by atoms with E-state index in [1.165, 1.54) is 50.1 Å². The van der Waals surface area contributed by atoms with Crippen molar-refractivity contribution < 1.29 is 4.79 Å². The average molecular weight is 361 g/mol. The second-order valence-electron chi connectivity index (χ2n) is 7.75. The number of piperidine rings is 1. The van der Waals surface area contributed by atoms with Crippen molar-refractivity contribution in [1.29, 1.82) is 0 Å². The standard InChI is InChI=1S/C21H32N2OS/c1-3-4-7-18-10-12-22(13-11-18)14-17(2)15-23-19-8-5-6-9-20(19)25-16-21(23)24/h5-6,8-9,17-18H,3-4,7,10-16H2,1-2H3. The lowest BCUT2D eigenvalue weighted by Gasteiger charge is -2.36. The predicted octanol–water partition coefficient (Wildman–Crippen LogP) is 4.66. The Kier molecular flexibility index (Phi) is 6.83. The van der Waals surface area contributed by atoms with Crippen molar-refractivity contribution in [3.63, 3.8) is 0 Å². The Morgan fingerprint density at radius 1 is 1.20 bits per heavy atom. The molecule has 1 amide bonds. The monoisotopic (exact) mass is 360 g/mol. The lowest BCUT2D eigenvalue weighted by Crippen LogP contribution is -2.43. The summed E-state index contributed by atoms with van der Waals surface area (Å²) in [4.78, 5) is 18.3. The van der Waals surface area contributed by atoms with Crippen molar-refractivity contribution in [3.8, 4) is 0 Å². The summed E-state index contributed by atoms with van der Waals surface area (Å²) in [6, 6.07) is 8.32. The summed E-state index contributed by atoms with van der Waals surface area (Å²) in [5, 5.41) is 0. The number of carbonyl (C=O) groups excluding carboxylic acids is 1. The van der Waals surface area contributed by atoms with Gasteiger partial charge in [0.25, 0.3) is 0 Å². The Morgan fingerprint density at radius 2 is 1.96 bits per heavy atom. The Balaban J connectivity index is 1.50. The average Bonchev–Trinajstić information content (AvgIpc) is 2.63. The first kappa shape index (κ1) is 18.8. The summed E-state index contributed by atoms with van der Waals surface area (Å²) >= 11 is 1.67. The maximum absolute atomic E-state index is 12.4. The van der Waals surface area contributed by atoms with Gasteiger partial charge in [0.15, 0.2) is 0 Å². The Labute approximate surface area is 157 Å². The first-order valence-corrected chi connectivity index (χ1v) is 10.9. The van der Waals surface area contributed by atoms with Gasteiger partial charge in [-0.3, -0.25) is 4.79 Å². The first-order valence-electron chi connectivity index (χ1n) is 9.92. The fraction of sp³-hybridized carbons (Fsp3) is 0.667. The van der Waals surface area contributed by atoms with Crippen molar-refractivity contribution in [1.82, 2.24) is 4.90 Å². The molecule has 138 valence electrons. The van der Waals surface area contributed by atoms with E-state index >= 15 is 0 Å². The van der Waals surface area contributed by atoms with Gasteiger partial charge in [-0.05, 0) is 49.9 Å². The zero-order valence-corrected chi connectivity index (χ0v) is 16.6.